The maximum Gasteiger partial charge on any atom is 0.183 e. The molecule has 0 heterocycles. The average molecular weight is 391 g/mol. The Morgan fingerprint density at radius 3 is 2.67 bits per heavy atom. The number of anilines is 1. The summed E-state index contributed by atoms with van der Waals surface area (Å²) in [6, 6.07) is 11.6. The summed E-state index contributed by atoms with van der Waals surface area (Å²) in [4.78, 5) is 0.0350. The molecule has 2 N–H and O–H groups in total. The summed E-state index contributed by atoms with van der Waals surface area (Å²) in [7, 11) is -3.54. The zero-order valence-corrected chi connectivity index (χ0v) is 14.1. The van der Waals surface area contributed by atoms with Crippen LogP contribution in [0.15, 0.2) is 51.8 Å². The van der Waals surface area contributed by atoms with Crippen LogP contribution in [0.5, 0.6) is 5.75 Å². The van der Waals surface area contributed by atoms with Crippen LogP contribution in [-0.4, -0.2) is 20.8 Å². The van der Waals surface area contributed by atoms with E-state index in [2.05, 4.69) is 15.9 Å². The first-order chi connectivity index (χ1) is 9.88. The van der Waals surface area contributed by atoms with Gasteiger partial charge < -0.3 is 10.5 Å². The number of rotatable bonds is 5. The van der Waals surface area contributed by atoms with Crippen LogP contribution in [-0.2, 0) is 9.84 Å². The van der Waals surface area contributed by atoms with Gasteiger partial charge in [-0.25, -0.2) is 8.42 Å². The first kappa shape index (κ1) is 16.1. The van der Waals surface area contributed by atoms with Gasteiger partial charge in [0.15, 0.2) is 9.84 Å². The molecule has 2 aromatic rings. The summed E-state index contributed by atoms with van der Waals surface area (Å²) in [6.07, 6.45) is 0. The van der Waals surface area contributed by atoms with Crippen molar-refractivity contribution >= 4 is 43.1 Å². The molecule has 7 heteroatoms. The third kappa shape index (κ3) is 4.36. The second kappa shape index (κ2) is 6.68. The standard InChI is InChI=1S/C14H13BrClNO3S/c15-10-2-1-3-12(8-10)20-6-7-21(18,19)14-9-11(16)4-5-13(14)17/h1-5,8-9H,6-7,17H2. The normalized spacial score (nSPS) is 11.3. The summed E-state index contributed by atoms with van der Waals surface area (Å²) >= 11 is 9.13. The third-order valence-corrected chi connectivity index (χ3v) is 5.18. The van der Waals surface area contributed by atoms with Crippen molar-refractivity contribution in [3.63, 3.8) is 0 Å². The van der Waals surface area contributed by atoms with Crippen LogP contribution in [0.25, 0.3) is 0 Å². The smallest absolute Gasteiger partial charge is 0.183 e. The topological polar surface area (TPSA) is 69.4 Å². The van der Waals surface area contributed by atoms with Crippen LogP contribution in [0.2, 0.25) is 5.02 Å². The monoisotopic (exact) mass is 389 g/mol. The quantitative estimate of drug-likeness (QED) is 0.793. The SMILES string of the molecule is Nc1ccc(Cl)cc1S(=O)(=O)CCOc1cccc(Br)c1. The third-order valence-electron chi connectivity index (χ3n) is 2.73. The van der Waals surface area contributed by atoms with Crippen molar-refractivity contribution in [1.82, 2.24) is 0 Å². The molecule has 0 unspecified atom stereocenters. The fraction of sp³-hybridized carbons (Fsp3) is 0.143. The van der Waals surface area contributed by atoms with Gasteiger partial charge in [-0.2, -0.15) is 0 Å². The zero-order chi connectivity index (χ0) is 15.5. The lowest BCUT2D eigenvalue weighted by molar-refractivity contribution is 0.340. The van der Waals surface area contributed by atoms with E-state index in [1.165, 1.54) is 12.1 Å². The van der Waals surface area contributed by atoms with Crippen LogP contribution in [0.4, 0.5) is 5.69 Å². The second-order valence-electron chi connectivity index (χ2n) is 4.31. The van der Waals surface area contributed by atoms with Gasteiger partial charge in [0.1, 0.15) is 12.4 Å². The van der Waals surface area contributed by atoms with Crippen molar-refractivity contribution in [1.29, 1.82) is 0 Å². The lowest BCUT2D eigenvalue weighted by atomic mass is 10.3. The molecule has 4 nitrogen and oxygen atoms in total. The van der Waals surface area contributed by atoms with Crippen molar-refractivity contribution < 1.29 is 13.2 Å². The number of ether oxygens (including phenoxy) is 1. The van der Waals surface area contributed by atoms with E-state index in [0.717, 1.165) is 4.47 Å². The minimum absolute atomic E-state index is 0.0325. The number of nitrogens with two attached hydrogens (primary N) is 1. The van der Waals surface area contributed by atoms with Crippen molar-refractivity contribution in [2.24, 2.45) is 0 Å². The predicted molar refractivity (Wildman–Crippen MR) is 87.6 cm³/mol. The molecule has 0 spiro atoms. The molecule has 0 aliphatic heterocycles. The van der Waals surface area contributed by atoms with Crippen LogP contribution < -0.4 is 10.5 Å². The Labute approximate surface area is 136 Å². The van der Waals surface area contributed by atoms with Gasteiger partial charge in [0, 0.05) is 9.50 Å². The fourth-order valence-corrected chi connectivity index (χ4v) is 3.58. The van der Waals surface area contributed by atoms with Crippen molar-refractivity contribution in [3.8, 4) is 5.75 Å². The van der Waals surface area contributed by atoms with Gasteiger partial charge in [-0.05, 0) is 36.4 Å². The van der Waals surface area contributed by atoms with Crippen LogP contribution in [0.3, 0.4) is 0 Å². The molecular formula is C14H13BrClNO3S. The highest BCUT2D eigenvalue weighted by atomic mass is 79.9. The highest BCUT2D eigenvalue weighted by molar-refractivity contribution is 9.10. The van der Waals surface area contributed by atoms with E-state index in [1.807, 2.05) is 12.1 Å². The molecule has 2 aromatic carbocycles. The fourth-order valence-electron chi connectivity index (χ4n) is 1.71. The van der Waals surface area contributed by atoms with Gasteiger partial charge in [-0.1, -0.05) is 33.6 Å². The molecule has 2 rings (SSSR count). The van der Waals surface area contributed by atoms with Gasteiger partial charge in [0.25, 0.3) is 0 Å². The summed E-state index contributed by atoms with van der Waals surface area (Å²) in [6.45, 7) is 0.0325. The molecule has 0 saturated heterocycles. The molecular weight excluding hydrogens is 378 g/mol. The molecule has 0 aromatic heterocycles. The number of hydrogen-bond donors (Lipinski definition) is 1. The van der Waals surface area contributed by atoms with E-state index in [0.29, 0.717) is 10.8 Å². The summed E-state index contributed by atoms with van der Waals surface area (Å²) in [5, 5.41) is 0.329. The Balaban J connectivity index is 2.06. The molecule has 0 aliphatic carbocycles. The Morgan fingerprint density at radius 1 is 1.19 bits per heavy atom. The maximum atomic E-state index is 12.2. The molecule has 21 heavy (non-hydrogen) atoms. The van der Waals surface area contributed by atoms with E-state index in [1.54, 1.807) is 18.2 Å². The molecule has 112 valence electrons. The van der Waals surface area contributed by atoms with Crippen LogP contribution >= 0.6 is 27.5 Å². The number of hydrogen-bond acceptors (Lipinski definition) is 4. The maximum absolute atomic E-state index is 12.2. The Morgan fingerprint density at radius 2 is 1.95 bits per heavy atom. The van der Waals surface area contributed by atoms with E-state index in [4.69, 9.17) is 22.1 Å². The molecule has 0 bridgehead atoms. The Bertz CT molecular complexity index is 750. The largest absolute Gasteiger partial charge is 0.492 e. The van der Waals surface area contributed by atoms with Gasteiger partial charge in [-0.3, -0.25) is 0 Å². The highest BCUT2D eigenvalue weighted by Gasteiger charge is 2.18. The first-order valence-corrected chi connectivity index (χ1v) is 8.87. The Hall–Kier alpha value is -1.24. The molecule has 0 saturated carbocycles. The Kier molecular flexibility index (Phi) is 5.13. The van der Waals surface area contributed by atoms with E-state index < -0.39 is 9.84 Å². The van der Waals surface area contributed by atoms with Crippen molar-refractivity contribution in [3.05, 3.63) is 52.0 Å². The predicted octanol–water partition coefficient (Wildman–Crippen LogP) is 3.54. The number of sulfone groups is 1. The van der Waals surface area contributed by atoms with Gasteiger partial charge in [0.05, 0.1) is 16.3 Å². The van der Waals surface area contributed by atoms with Gasteiger partial charge in [-0.15, -0.1) is 0 Å². The number of benzene rings is 2. The first-order valence-electron chi connectivity index (χ1n) is 6.04. The van der Waals surface area contributed by atoms with Crippen molar-refractivity contribution in [2.45, 2.75) is 4.90 Å². The van der Waals surface area contributed by atoms with E-state index >= 15 is 0 Å². The molecule has 0 atom stereocenters. The van der Waals surface area contributed by atoms with Crippen LogP contribution in [0.1, 0.15) is 0 Å². The average Bonchev–Trinajstić information content (AvgIpc) is 2.41. The van der Waals surface area contributed by atoms with Gasteiger partial charge >= 0.3 is 0 Å². The lowest BCUT2D eigenvalue weighted by Crippen LogP contribution is -2.15. The molecule has 0 amide bonds. The number of nitrogen functional groups attached to an aromatic ring is 1. The summed E-state index contributed by atoms with van der Waals surface area (Å²) in [5.41, 5.74) is 5.88. The molecule has 0 radical (unpaired) electrons. The number of halogens is 2. The van der Waals surface area contributed by atoms with Gasteiger partial charge in [0.2, 0.25) is 0 Å². The van der Waals surface area contributed by atoms with E-state index in [9.17, 15) is 8.42 Å². The summed E-state index contributed by atoms with van der Waals surface area (Å²) in [5.74, 6) is 0.419. The second-order valence-corrected chi connectivity index (χ2v) is 7.74. The highest BCUT2D eigenvalue weighted by Crippen LogP contribution is 2.24. The lowest BCUT2D eigenvalue weighted by Gasteiger charge is -2.09. The van der Waals surface area contributed by atoms with Crippen molar-refractivity contribution in [2.75, 3.05) is 18.1 Å². The zero-order valence-electron chi connectivity index (χ0n) is 10.9. The molecule has 0 aliphatic rings. The summed E-state index contributed by atoms with van der Waals surface area (Å²) < 4.78 is 30.8. The minimum Gasteiger partial charge on any atom is -0.492 e. The molecule has 0 fully saturated rings. The van der Waals surface area contributed by atoms with E-state index in [-0.39, 0.29) is 22.9 Å². The minimum atomic E-state index is -3.54. The van der Waals surface area contributed by atoms with Crippen LogP contribution in [0, 0.1) is 0 Å².